The molecule has 0 aliphatic carbocycles. The molecule has 1 aliphatic rings. The number of nitrogens with two attached hydrogens (primary N) is 1. The Balaban J connectivity index is 2.08. The summed E-state index contributed by atoms with van der Waals surface area (Å²) in [5, 5.41) is 18.4. The molecule has 1 aromatic heterocycles. The van der Waals surface area contributed by atoms with Crippen LogP contribution in [0.15, 0.2) is 11.1 Å². The highest BCUT2D eigenvalue weighted by molar-refractivity contribution is 8.00. The minimum atomic E-state index is 0.0471. The Hall–Kier alpha value is -2.25. The van der Waals surface area contributed by atoms with Gasteiger partial charge in [-0.05, 0) is 32.3 Å². The number of carbonyl (C=O) groups is 1. The Morgan fingerprint density at radius 3 is 2.82 bits per heavy atom. The van der Waals surface area contributed by atoms with Crippen molar-refractivity contribution in [2.75, 3.05) is 18.0 Å². The summed E-state index contributed by atoms with van der Waals surface area (Å²) >= 11 is 1.19. The van der Waals surface area contributed by atoms with Gasteiger partial charge in [-0.2, -0.15) is 10.5 Å². The first kappa shape index (κ1) is 16.1. The molecule has 0 spiro atoms. The molecule has 0 aromatic carbocycles. The molecule has 1 saturated heterocycles. The minimum Gasteiger partial charge on any atom is -0.383 e. The predicted molar refractivity (Wildman–Crippen MR) is 83.8 cm³/mol. The molecule has 1 fully saturated rings. The molecule has 0 bridgehead atoms. The maximum atomic E-state index is 12.3. The lowest BCUT2D eigenvalue weighted by atomic mass is 10.0. The van der Waals surface area contributed by atoms with Crippen LogP contribution in [0.2, 0.25) is 0 Å². The van der Waals surface area contributed by atoms with Crippen molar-refractivity contribution in [3.63, 3.8) is 0 Å². The molecule has 0 saturated carbocycles. The van der Waals surface area contributed by atoms with Gasteiger partial charge in [0, 0.05) is 12.6 Å². The van der Waals surface area contributed by atoms with Crippen LogP contribution in [-0.2, 0) is 4.79 Å². The number of piperidine rings is 1. The van der Waals surface area contributed by atoms with Gasteiger partial charge in [0.05, 0.1) is 16.9 Å². The van der Waals surface area contributed by atoms with Gasteiger partial charge in [-0.1, -0.05) is 11.8 Å². The zero-order chi connectivity index (χ0) is 16.1. The van der Waals surface area contributed by atoms with Gasteiger partial charge in [0.25, 0.3) is 0 Å². The highest BCUT2D eigenvalue weighted by atomic mass is 32.2. The minimum absolute atomic E-state index is 0.0471. The fraction of sp³-hybridized carbons (Fsp3) is 0.467. The lowest BCUT2D eigenvalue weighted by Crippen LogP contribution is -2.42. The van der Waals surface area contributed by atoms with Crippen LogP contribution in [0.25, 0.3) is 0 Å². The maximum absolute atomic E-state index is 12.3. The van der Waals surface area contributed by atoms with E-state index >= 15 is 0 Å². The van der Waals surface area contributed by atoms with E-state index in [1.165, 1.54) is 17.8 Å². The first-order valence-corrected chi connectivity index (χ1v) is 8.08. The Morgan fingerprint density at radius 2 is 2.18 bits per heavy atom. The SMILES string of the molecule is C[C@@H]1CCCCN1C(=O)CSc1nc(N)c(C#N)cc1C#N. The van der Waals surface area contributed by atoms with Crippen molar-refractivity contribution in [1.82, 2.24) is 9.88 Å². The van der Waals surface area contributed by atoms with Crippen LogP contribution in [0.5, 0.6) is 0 Å². The number of rotatable bonds is 3. The molecule has 0 radical (unpaired) electrons. The molecule has 2 heterocycles. The zero-order valence-corrected chi connectivity index (χ0v) is 13.2. The van der Waals surface area contributed by atoms with E-state index in [-0.39, 0.29) is 34.6 Å². The summed E-state index contributed by atoms with van der Waals surface area (Å²) in [4.78, 5) is 18.3. The number of nitrogen functional groups attached to an aromatic ring is 1. The third kappa shape index (κ3) is 3.49. The molecular weight excluding hydrogens is 298 g/mol. The predicted octanol–water partition coefficient (Wildman–Crippen LogP) is 1.90. The van der Waals surface area contributed by atoms with Crippen LogP contribution in [0, 0.1) is 22.7 Å². The molecule has 6 nitrogen and oxygen atoms in total. The standard InChI is InChI=1S/C15H17N5OS/c1-10-4-2-3-5-20(10)13(21)9-22-15-12(8-17)6-11(7-16)14(18)19-15/h6,10H,2-5,9H2,1H3,(H2,18,19)/t10-/m1/s1. The molecule has 7 heteroatoms. The molecule has 114 valence electrons. The van der Waals surface area contributed by atoms with E-state index in [9.17, 15) is 4.79 Å². The van der Waals surface area contributed by atoms with Crippen LogP contribution in [-0.4, -0.2) is 34.1 Å². The lowest BCUT2D eigenvalue weighted by Gasteiger charge is -2.33. The van der Waals surface area contributed by atoms with Crippen molar-refractivity contribution in [2.45, 2.75) is 37.3 Å². The lowest BCUT2D eigenvalue weighted by molar-refractivity contribution is -0.131. The number of hydrogen-bond acceptors (Lipinski definition) is 6. The van der Waals surface area contributed by atoms with Crippen LogP contribution in [0.1, 0.15) is 37.3 Å². The van der Waals surface area contributed by atoms with Gasteiger partial charge < -0.3 is 10.6 Å². The zero-order valence-electron chi connectivity index (χ0n) is 12.4. The summed E-state index contributed by atoms with van der Waals surface area (Å²) in [6.07, 6.45) is 3.22. The van der Waals surface area contributed by atoms with Crippen molar-refractivity contribution < 1.29 is 4.79 Å². The topological polar surface area (TPSA) is 107 Å². The number of aromatic nitrogens is 1. The molecule has 2 N–H and O–H groups in total. The number of nitriles is 2. The summed E-state index contributed by atoms with van der Waals surface area (Å²) in [5.41, 5.74) is 6.13. The van der Waals surface area contributed by atoms with Gasteiger partial charge in [-0.15, -0.1) is 0 Å². The largest absolute Gasteiger partial charge is 0.383 e. The number of hydrogen-bond donors (Lipinski definition) is 1. The number of likely N-dealkylation sites (tertiary alicyclic amines) is 1. The fourth-order valence-corrected chi connectivity index (χ4v) is 3.32. The van der Waals surface area contributed by atoms with E-state index < -0.39 is 0 Å². The number of thioether (sulfide) groups is 1. The van der Waals surface area contributed by atoms with Crippen LogP contribution >= 0.6 is 11.8 Å². The van der Waals surface area contributed by atoms with Gasteiger partial charge >= 0.3 is 0 Å². The second kappa shape index (κ2) is 7.15. The highest BCUT2D eigenvalue weighted by Gasteiger charge is 2.23. The Kier molecular flexibility index (Phi) is 5.24. The summed E-state index contributed by atoms with van der Waals surface area (Å²) in [5.74, 6) is 0.353. The van der Waals surface area contributed by atoms with Crippen LogP contribution < -0.4 is 5.73 Å². The molecule has 1 aromatic rings. The summed E-state index contributed by atoms with van der Waals surface area (Å²) in [7, 11) is 0. The van der Waals surface area contributed by atoms with E-state index in [1.807, 2.05) is 17.0 Å². The summed E-state index contributed by atoms with van der Waals surface area (Å²) in [6.45, 7) is 2.84. The van der Waals surface area contributed by atoms with E-state index in [2.05, 4.69) is 11.9 Å². The van der Waals surface area contributed by atoms with Crippen molar-refractivity contribution in [1.29, 1.82) is 10.5 Å². The molecule has 1 aliphatic heterocycles. The van der Waals surface area contributed by atoms with Gasteiger partial charge in [0.15, 0.2) is 0 Å². The number of nitrogens with zero attached hydrogens (tertiary/aromatic N) is 4. The average molecular weight is 315 g/mol. The van der Waals surface area contributed by atoms with E-state index in [0.717, 1.165) is 25.8 Å². The third-order valence-corrected chi connectivity index (χ3v) is 4.69. The molecule has 2 rings (SSSR count). The van der Waals surface area contributed by atoms with Crippen LogP contribution in [0.3, 0.4) is 0 Å². The van der Waals surface area contributed by atoms with Gasteiger partial charge in [-0.3, -0.25) is 4.79 Å². The summed E-state index contributed by atoms with van der Waals surface area (Å²) in [6, 6.07) is 5.57. The molecule has 1 atom stereocenters. The van der Waals surface area contributed by atoms with E-state index in [4.69, 9.17) is 16.3 Å². The number of pyridine rings is 1. The Morgan fingerprint density at radius 1 is 1.45 bits per heavy atom. The van der Waals surface area contributed by atoms with Crippen molar-refractivity contribution >= 4 is 23.5 Å². The molecule has 1 amide bonds. The number of carbonyl (C=O) groups excluding carboxylic acids is 1. The van der Waals surface area contributed by atoms with Crippen molar-refractivity contribution in [3.05, 3.63) is 17.2 Å². The first-order valence-electron chi connectivity index (χ1n) is 7.09. The number of anilines is 1. The number of amides is 1. The smallest absolute Gasteiger partial charge is 0.233 e. The van der Waals surface area contributed by atoms with Crippen molar-refractivity contribution in [2.24, 2.45) is 0 Å². The third-order valence-electron chi connectivity index (χ3n) is 3.71. The van der Waals surface area contributed by atoms with Gasteiger partial charge in [0.2, 0.25) is 5.91 Å². The van der Waals surface area contributed by atoms with Crippen LogP contribution in [0.4, 0.5) is 5.82 Å². The van der Waals surface area contributed by atoms with E-state index in [0.29, 0.717) is 5.03 Å². The monoisotopic (exact) mass is 315 g/mol. The van der Waals surface area contributed by atoms with Crippen molar-refractivity contribution in [3.8, 4) is 12.1 Å². The Labute approximate surface area is 133 Å². The maximum Gasteiger partial charge on any atom is 0.233 e. The highest BCUT2D eigenvalue weighted by Crippen LogP contribution is 2.25. The Bertz CT molecular complexity index is 661. The molecule has 22 heavy (non-hydrogen) atoms. The second-order valence-corrected chi connectivity index (χ2v) is 6.18. The second-order valence-electron chi connectivity index (χ2n) is 5.22. The van der Waals surface area contributed by atoms with Gasteiger partial charge in [-0.25, -0.2) is 4.98 Å². The van der Waals surface area contributed by atoms with E-state index in [1.54, 1.807) is 0 Å². The molecular formula is C15H17N5OS. The normalized spacial score (nSPS) is 17.6. The fourth-order valence-electron chi connectivity index (χ4n) is 2.47. The quantitative estimate of drug-likeness (QED) is 0.854. The molecule has 0 unspecified atom stereocenters. The average Bonchev–Trinajstić information content (AvgIpc) is 2.53. The summed E-state index contributed by atoms with van der Waals surface area (Å²) < 4.78 is 0. The first-order chi connectivity index (χ1) is 10.6. The van der Waals surface area contributed by atoms with Gasteiger partial charge in [0.1, 0.15) is 23.0 Å².